The number of hydrogen-bond acceptors (Lipinski definition) is 5. The molecule has 2 N–H and O–H groups in total. The van der Waals surface area contributed by atoms with Crippen molar-refractivity contribution in [1.29, 1.82) is 0 Å². The Labute approximate surface area is 172 Å². The lowest BCUT2D eigenvalue weighted by Crippen LogP contribution is -2.51. The largest absolute Gasteiger partial charge is 0.357 e. The summed E-state index contributed by atoms with van der Waals surface area (Å²) in [7, 11) is 1.88. The Kier molecular flexibility index (Phi) is 7.67. The molecule has 1 aromatic rings. The summed E-state index contributed by atoms with van der Waals surface area (Å²) in [5, 5.41) is 10.2. The minimum Gasteiger partial charge on any atom is -0.357 e. The second kappa shape index (κ2) is 10.2. The summed E-state index contributed by atoms with van der Waals surface area (Å²) in [5.41, 5.74) is 1.20. The number of rotatable bonds is 6. The van der Waals surface area contributed by atoms with Crippen molar-refractivity contribution in [1.82, 2.24) is 25.4 Å². The van der Waals surface area contributed by atoms with Crippen LogP contribution in [0.15, 0.2) is 10.4 Å². The molecule has 3 heterocycles. The molecule has 0 radical (unpaired) electrons. The van der Waals surface area contributed by atoms with E-state index in [2.05, 4.69) is 39.7 Å². The highest BCUT2D eigenvalue weighted by molar-refractivity contribution is 7.09. The molecule has 0 aromatic carbocycles. The molecule has 0 bridgehead atoms. The molecular formula is C20H34N6OS. The van der Waals surface area contributed by atoms with Crippen LogP contribution in [0.2, 0.25) is 0 Å². The van der Waals surface area contributed by atoms with Gasteiger partial charge in [0.15, 0.2) is 5.96 Å². The number of hydrogen-bond donors (Lipinski definition) is 2. The number of piperidine rings is 2. The first kappa shape index (κ1) is 21.0. The van der Waals surface area contributed by atoms with Gasteiger partial charge in [-0.25, -0.2) is 4.98 Å². The molecule has 0 spiro atoms. The van der Waals surface area contributed by atoms with Crippen molar-refractivity contribution in [3.63, 3.8) is 0 Å². The smallest absolute Gasteiger partial charge is 0.222 e. The van der Waals surface area contributed by atoms with Crippen LogP contribution in [0.1, 0.15) is 43.3 Å². The third kappa shape index (κ3) is 6.17. The number of amides is 1. The quantitative estimate of drug-likeness (QED) is 0.557. The summed E-state index contributed by atoms with van der Waals surface area (Å²) in [4.78, 5) is 25.4. The predicted molar refractivity (Wildman–Crippen MR) is 115 cm³/mol. The fourth-order valence-corrected chi connectivity index (χ4v) is 4.50. The van der Waals surface area contributed by atoms with Gasteiger partial charge in [-0.15, -0.1) is 11.3 Å². The van der Waals surface area contributed by atoms with Crippen LogP contribution in [-0.2, 0) is 11.3 Å². The summed E-state index contributed by atoms with van der Waals surface area (Å²) in [6.07, 6.45) is 3.87. The number of carbonyl (C=O) groups is 1. The normalized spacial score (nSPS) is 22.5. The highest BCUT2D eigenvalue weighted by Gasteiger charge is 2.24. The molecule has 1 aromatic heterocycles. The van der Waals surface area contributed by atoms with Crippen molar-refractivity contribution < 1.29 is 4.79 Å². The van der Waals surface area contributed by atoms with Gasteiger partial charge >= 0.3 is 0 Å². The molecular weight excluding hydrogens is 372 g/mol. The van der Waals surface area contributed by atoms with Gasteiger partial charge < -0.3 is 15.5 Å². The molecule has 2 aliphatic rings. The van der Waals surface area contributed by atoms with Crippen LogP contribution in [0.25, 0.3) is 0 Å². The van der Waals surface area contributed by atoms with Gasteiger partial charge in [-0.2, -0.15) is 0 Å². The molecule has 3 rings (SSSR count). The van der Waals surface area contributed by atoms with E-state index < -0.39 is 0 Å². The number of aliphatic imine (C=N–C) groups is 1. The summed E-state index contributed by atoms with van der Waals surface area (Å²) in [6.45, 7) is 9.83. The number of aromatic nitrogens is 1. The zero-order valence-electron chi connectivity index (χ0n) is 17.4. The maximum atomic E-state index is 11.7. The Morgan fingerprint density at radius 3 is 2.79 bits per heavy atom. The molecule has 1 amide bonds. The molecule has 2 saturated heterocycles. The van der Waals surface area contributed by atoms with Crippen LogP contribution >= 0.6 is 11.3 Å². The lowest BCUT2D eigenvalue weighted by molar-refractivity contribution is -0.132. The highest BCUT2D eigenvalue weighted by atomic mass is 32.1. The standard InChI is InChI=1S/C20H34N6OS/c1-4-21-20(24-17-5-6-19(27)25(3)12-17)22-11-16-7-9-26(10-8-16)13-18-14-28-15(2)23-18/h14,16-17H,4-13H2,1-3H3,(H2,21,22,24). The third-order valence-electron chi connectivity index (χ3n) is 5.58. The number of likely N-dealkylation sites (tertiary alicyclic amines) is 2. The number of aryl methyl sites for hydroxylation is 1. The highest BCUT2D eigenvalue weighted by Crippen LogP contribution is 2.20. The van der Waals surface area contributed by atoms with Gasteiger partial charge in [0.05, 0.1) is 10.7 Å². The van der Waals surface area contributed by atoms with Gasteiger partial charge in [0.2, 0.25) is 5.91 Å². The minimum absolute atomic E-state index is 0.236. The van der Waals surface area contributed by atoms with Gasteiger partial charge in [0.25, 0.3) is 0 Å². The molecule has 2 aliphatic heterocycles. The Morgan fingerprint density at radius 2 is 2.14 bits per heavy atom. The average Bonchev–Trinajstić information content (AvgIpc) is 3.09. The Balaban J connectivity index is 1.44. The van der Waals surface area contributed by atoms with Crippen LogP contribution in [0.3, 0.4) is 0 Å². The Bertz CT molecular complexity index is 667. The van der Waals surface area contributed by atoms with E-state index >= 15 is 0 Å². The fourth-order valence-electron chi connectivity index (χ4n) is 3.90. The lowest BCUT2D eigenvalue weighted by Gasteiger charge is -2.32. The summed E-state index contributed by atoms with van der Waals surface area (Å²) in [5.74, 6) is 1.76. The molecule has 1 unspecified atom stereocenters. The van der Waals surface area contributed by atoms with E-state index in [1.54, 1.807) is 11.3 Å². The van der Waals surface area contributed by atoms with Crippen molar-refractivity contribution in [2.75, 3.05) is 39.8 Å². The SMILES string of the molecule is CCNC(=NCC1CCN(Cc2csc(C)n2)CC1)NC1CCC(=O)N(C)C1. The first-order chi connectivity index (χ1) is 13.5. The van der Waals surface area contributed by atoms with Crippen LogP contribution in [0.5, 0.6) is 0 Å². The minimum atomic E-state index is 0.236. The van der Waals surface area contributed by atoms with Crippen molar-refractivity contribution >= 4 is 23.2 Å². The number of thiazole rings is 1. The first-order valence-corrected chi connectivity index (χ1v) is 11.3. The van der Waals surface area contributed by atoms with E-state index in [0.29, 0.717) is 12.3 Å². The van der Waals surface area contributed by atoms with Crippen LogP contribution in [-0.4, -0.2) is 72.5 Å². The number of guanidine groups is 1. The third-order valence-corrected chi connectivity index (χ3v) is 6.40. The summed E-state index contributed by atoms with van der Waals surface area (Å²) >= 11 is 1.73. The van der Waals surface area contributed by atoms with Gasteiger partial charge in [0, 0.05) is 51.1 Å². The number of likely N-dealkylation sites (N-methyl/N-ethyl adjacent to an activating group) is 1. The maximum absolute atomic E-state index is 11.7. The van der Waals surface area contributed by atoms with Gasteiger partial charge in [-0.1, -0.05) is 0 Å². The second-order valence-corrected chi connectivity index (χ2v) is 9.01. The molecule has 1 atom stereocenters. The van der Waals surface area contributed by atoms with Crippen molar-refractivity contribution in [3.8, 4) is 0 Å². The van der Waals surface area contributed by atoms with Gasteiger partial charge in [-0.3, -0.25) is 14.7 Å². The van der Waals surface area contributed by atoms with Gasteiger partial charge in [0.1, 0.15) is 0 Å². The lowest BCUT2D eigenvalue weighted by atomic mass is 9.97. The molecule has 0 saturated carbocycles. The molecule has 156 valence electrons. The average molecular weight is 407 g/mol. The van der Waals surface area contributed by atoms with Gasteiger partial charge in [-0.05, 0) is 52.1 Å². The summed E-state index contributed by atoms with van der Waals surface area (Å²) < 4.78 is 0. The zero-order valence-corrected chi connectivity index (χ0v) is 18.2. The second-order valence-electron chi connectivity index (χ2n) is 7.95. The van der Waals surface area contributed by atoms with Crippen LogP contribution < -0.4 is 10.6 Å². The number of nitrogens with zero attached hydrogens (tertiary/aromatic N) is 4. The Hall–Kier alpha value is -1.67. The predicted octanol–water partition coefficient (Wildman–Crippen LogP) is 1.84. The monoisotopic (exact) mass is 406 g/mol. The topological polar surface area (TPSA) is 72.9 Å². The number of carbonyl (C=O) groups excluding carboxylic acids is 1. The Morgan fingerprint density at radius 1 is 1.36 bits per heavy atom. The van der Waals surface area contributed by atoms with E-state index in [1.165, 1.54) is 18.5 Å². The van der Waals surface area contributed by atoms with E-state index in [4.69, 9.17) is 4.99 Å². The fraction of sp³-hybridized carbons (Fsp3) is 0.750. The molecule has 0 aliphatic carbocycles. The molecule has 28 heavy (non-hydrogen) atoms. The molecule has 8 heteroatoms. The van der Waals surface area contributed by atoms with Crippen molar-refractivity contribution in [3.05, 3.63) is 16.1 Å². The zero-order chi connectivity index (χ0) is 19.9. The maximum Gasteiger partial charge on any atom is 0.222 e. The summed E-state index contributed by atoms with van der Waals surface area (Å²) in [6, 6.07) is 0.281. The number of nitrogens with one attached hydrogen (secondary N) is 2. The van der Waals surface area contributed by atoms with Crippen molar-refractivity contribution in [2.24, 2.45) is 10.9 Å². The molecule has 7 nitrogen and oxygen atoms in total. The van der Waals surface area contributed by atoms with E-state index in [9.17, 15) is 4.79 Å². The van der Waals surface area contributed by atoms with E-state index in [-0.39, 0.29) is 11.9 Å². The van der Waals surface area contributed by atoms with Crippen molar-refractivity contribution in [2.45, 2.75) is 52.1 Å². The molecule has 2 fully saturated rings. The van der Waals surface area contributed by atoms with Crippen LogP contribution in [0.4, 0.5) is 0 Å². The van der Waals surface area contributed by atoms with Crippen LogP contribution in [0, 0.1) is 12.8 Å². The first-order valence-electron chi connectivity index (χ1n) is 10.5. The van der Waals surface area contributed by atoms with E-state index in [0.717, 1.165) is 56.7 Å². The van der Waals surface area contributed by atoms with E-state index in [1.807, 2.05) is 11.9 Å².